The maximum absolute atomic E-state index is 5.63. The van der Waals surface area contributed by atoms with Crippen molar-refractivity contribution in [1.82, 2.24) is 0 Å². The van der Waals surface area contributed by atoms with Crippen LogP contribution in [0, 0.1) is 0 Å². The van der Waals surface area contributed by atoms with E-state index in [1.165, 1.54) is 0 Å². The minimum absolute atomic E-state index is 0.0983. The molecule has 0 saturated heterocycles. The molecule has 0 rings (SSSR count). The molecule has 0 aliphatic carbocycles. The Balaban J connectivity index is 3.38. The second-order valence-corrected chi connectivity index (χ2v) is 2.33. The second-order valence-electron chi connectivity index (χ2n) is 2.33. The van der Waals surface area contributed by atoms with Gasteiger partial charge in [-0.15, -0.1) is 0 Å². The molecule has 0 amide bonds. The van der Waals surface area contributed by atoms with E-state index in [1.54, 1.807) is 0 Å². The van der Waals surface area contributed by atoms with Crippen molar-refractivity contribution in [3.8, 4) is 0 Å². The van der Waals surface area contributed by atoms with Crippen molar-refractivity contribution in [2.75, 3.05) is 0 Å². The number of hydrogen-bond donors (Lipinski definition) is 2. The van der Waals surface area contributed by atoms with Crippen LogP contribution in [0.2, 0.25) is 0 Å². The Labute approximate surface area is 56.9 Å². The van der Waals surface area contributed by atoms with Gasteiger partial charge >= 0.3 is 0 Å². The van der Waals surface area contributed by atoms with Crippen LogP contribution in [-0.2, 0) is 0 Å². The van der Waals surface area contributed by atoms with Crippen LogP contribution in [0.5, 0.6) is 0 Å². The lowest BCUT2D eigenvalue weighted by Gasteiger charge is -2.11. The summed E-state index contributed by atoms with van der Waals surface area (Å²) in [6, 6.07) is 0.211. The Morgan fingerprint density at radius 2 is 2.00 bits per heavy atom. The highest BCUT2D eigenvalue weighted by Gasteiger charge is 2.03. The normalized spacial score (nSPS) is 18.2. The highest BCUT2D eigenvalue weighted by atomic mass is 14.8. The first-order chi connectivity index (χ1) is 4.18. The van der Waals surface area contributed by atoms with E-state index in [4.69, 9.17) is 11.5 Å². The predicted octanol–water partition coefficient (Wildman–Crippen LogP) is 0.627. The Hall–Kier alpha value is -0.340. The Bertz CT molecular complexity index is 86.9. The number of allylic oxidation sites excluding steroid dienone is 1. The average molecular weight is 128 g/mol. The standard InChI is InChI=1S/C7H16N2/c1-3-4-5-7(9)6(2)8/h3-4,6-7H,5,8-9H2,1-2H3. The van der Waals surface area contributed by atoms with E-state index in [-0.39, 0.29) is 12.1 Å². The zero-order valence-corrected chi connectivity index (χ0v) is 6.17. The molecule has 2 atom stereocenters. The van der Waals surface area contributed by atoms with Crippen molar-refractivity contribution in [1.29, 1.82) is 0 Å². The number of rotatable bonds is 3. The van der Waals surface area contributed by atoms with Crippen LogP contribution in [0.3, 0.4) is 0 Å². The summed E-state index contributed by atoms with van der Waals surface area (Å²) >= 11 is 0. The lowest BCUT2D eigenvalue weighted by molar-refractivity contribution is 0.566. The van der Waals surface area contributed by atoms with Gasteiger partial charge in [-0.1, -0.05) is 12.2 Å². The Morgan fingerprint density at radius 1 is 1.44 bits per heavy atom. The van der Waals surface area contributed by atoms with Gasteiger partial charge in [0.15, 0.2) is 0 Å². The van der Waals surface area contributed by atoms with Gasteiger partial charge in [0.05, 0.1) is 0 Å². The summed E-state index contributed by atoms with van der Waals surface area (Å²) in [6.45, 7) is 3.90. The third kappa shape index (κ3) is 4.18. The van der Waals surface area contributed by atoms with Crippen LogP contribution in [0.1, 0.15) is 20.3 Å². The molecule has 0 spiro atoms. The molecule has 0 aliphatic heterocycles. The lowest BCUT2D eigenvalue weighted by Crippen LogP contribution is -2.38. The molecule has 2 nitrogen and oxygen atoms in total. The Morgan fingerprint density at radius 3 is 2.33 bits per heavy atom. The predicted molar refractivity (Wildman–Crippen MR) is 41.1 cm³/mol. The fraction of sp³-hybridized carbons (Fsp3) is 0.714. The van der Waals surface area contributed by atoms with Crippen molar-refractivity contribution >= 4 is 0 Å². The van der Waals surface area contributed by atoms with Crippen LogP contribution in [0.25, 0.3) is 0 Å². The molecule has 9 heavy (non-hydrogen) atoms. The topological polar surface area (TPSA) is 52.0 Å². The Kier molecular flexibility index (Phi) is 4.36. The SMILES string of the molecule is CC=CCC(N)C(C)N. The fourth-order valence-corrected chi connectivity index (χ4v) is 0.508. The smallest absolute Gasteiger partial charge is 0.0224 e. The highest BCUT2D eigenvalue weighted by molar-refractivity contribution is 4.85. The molecule has 4 N–H and O–H groups in total. The van der Waals surface area contributed by atoms with Crippen LogP contribution in [0.4, 0.5) is 0 Å². The molecule has 0 aromatic rings. The molecule has 0 fully saturated rings. The van der Waals surface area contributed by atoms with Crippen LogP contribution in [0.15, 0.2) is 12.2 Å². The van der Waals surface area contributed by atoms with Crippen molar-refractivity contribution in [2.24, 2.45) is 11.5 Å². The van der Waals surface area contributed by atoms with Gasteiger partial charge in [-0.05, 0) is 20.3 Å². The largest absolute Gasteiger partial charge is 0.327 e. The van der Waals surface area contributed by atoms with Gasteiger partial charge < -0.3 is 11.5 Å². The summed E-state index contributed by atoms with van der Waals surface area (Å²) in [5.41, 5.74) is 11.1. The van der Waals surface area contributed by atoms with Gasteiger partial charge in [-0.25, -0.2) is 0 Å². The third-order valence-corrected chi connectivity index (χ3v) is 1.32. The van der Waals surface area contributed by atoms with Gasteiger partial charge in [0.25, 0.3) is 0 Å². The molecule has 0 saturated carbocycles. The van der Waals surface area contributed by atoms with E-state index in [2.05, 4.69) is 0 Å². The van der Waals surface area contributed by atoms with Gasteiger partial charge in [0.1, 0.15) is 0 Å². The van der Waals surface area contributed by atoms with Crippen molar-refractivity contribution in [2.45, 2.75) is 32.4 Å². The maximum atomic E-state index is 5.63. The summed E-state index contributed by atoms with van der Waals surface area (Å²) in [6.07, 6.45) is 4.91. The molecule has 0 aromatic heterocycles. The van der Waals surface area contributed by atoms with Gasteiger partial charge in [-0.3, -0.25) is 0 Å². The second kappa shape index (κ2) is 4.53. The van der Waals surface area contributed by atoms with Crippen LogP contribution in [-0.4, -0.2) is 12.1 Å². The van der Waals surface area contributed by atoms with E-state index in [0.29, 0.717) is 0 Å². The van der Waals surface area contributed by atoms with E-state index >= 15 is 0 Å². The monoisotopic (exact) mass is 128 g/mol. The van der Waals surface area contributed by atoms with Gasteiger partial charge in [-0.2, -0.15) is 0 Å². The number of nitrogens with two attached hydrogens (primary N) is 2. The first kappa shape index (κ1) is 8.66. The van der Waals surface area contributed by atoms with Gasteiger partial charge in [0.2, 0.25) is 0 Å². The molecule has 0 radical (unpaired) electrons. The van der Waals surface area contributed by atoms with Crippen LogP contribution < -0.4 is 11.5 Å². The molecule has 2 unspecified atom stereocenters. The molecule has 54 valence electrons. The van der Waals surface area contributed by atoms with Crippen molar-refractivity contribution in [3.05, 3.63) is 12.2 Å². The third-order valence-electron chi connectivity index (χ3n) is 1.32. The molecular weight excluding hydrogens is 112 g/mol. The van der Waals surface area contributed by atoms with E-state index < -0.39 is 0 Å². The van der Waals surface area contributed by atoms with E-state index in [1.807, 2.05) is 26.0 Å². The summed E-state index contributed by atoms with van der Waals surface area (Å²) < 4.78 is 0. The molecule has 0 aromatic carbocycles. The molecule has 2 heteroatoms. The summed E-state index contributed by atoms with van der Waals surface area (Å²) in [4.78, 5) is 0. The summed E-state index contributed by atoms with van der Waals surface area (Å²) in [7, 11) is 0. The first-order valence-corrected chi connectivity index (χ1v) is 3.30. The zero-order valence-electron chi connectivity index (χ0n) is 6.17. The lowest BCUT2D eigenvalue weighted by atomic mass is 10.1. The summed E-state index contributed by atoms with van der Waals surface area (Å²) in [5.74, 6) is 0. The molecule has 0 bridgehead atoms. The van der Waals surface area contributed by atoms with E-state index in [0.717, 1.165) is 6.42 Å². The minimum atomic E-state index is 0.0983. The maximum Gasteiger partial charge on any atom is 0.0224 e. The van der Waals surface area contributed by atoms with Crippen molar-refractivity contribution < 1.29 is 0 Å². The van der Waals surface area contributed by atoms with E-state index in [9.17, 15) is 0 Å². The van der Waals surface area contributed by atoms with Crippen LogP contribution >= 0.6 is 0 Å². The average Bonchev–Trinajstić information content (AvgIpc) is 1.82. The fourth-order valence-electron chi connectivity index (χ4n) is 0.508. The quantitative estimate of drug-likeness (QED) is 0.548. The highest BCUT2D eigenvalue weighted by Crippen LogP contribution is 1.92. The van der Waals surface area contributed by atoms with Crippen molar-refractivity contribution in [3.63, 3.8) is 0 Å². The summed E-state index contributed by atoms with van der Waals surface area (Å²) in [5, 5.41) is 0. The molecule has 0 heterocycles. The first-order valence-electron chi connectivity index (χ1n) is 3.30. The zero-order chi connectivity index (χ0) is 7.28. The van der Waals surface area contributed by atoms with Gasteiger partial charge in [0, 0.05) is 12.1 Å². The molecule has 0 aliphatic rings. The molecular formula is C7H16N2. The number of hydrogen-bond acceptors (Lipinski definition) is 2. The minimum Gasteiger partial charge on any atom is -0.327 e.